The average molecular weight is 545 g/mol. The smallest absolute Gasteiger partial charge is 0.196 e. The molecular weight excluding hydrogens is 512 g/mol. The lowest BCUT2D eigenvalue weighted by Gasteiger charge is -2.36. The van der Waals surface area contributed by atoms with Gasteiger partial charge >= 0.3 is 0 Å². The van der Waals surface area contributed by atoms with E-state index in [9.17, 15) is 9.59 Å². The molecule has 1 saturated heterocycles. The van der Waals surface area contributed by atoms with E-state index in [1.165, 1.54) is 5.56 Å². The molecular formula is C34H32N4O3. The fourth-order valence-corrected chi connectivity index (χ4v) is 6.13. The quantitative estimate of drug-likeness (QED) is 0.492. The van der Waals surface area contributed by atoms with E-state index in [0.29, 0.717) is 51.7 Å². The maximum Gasteiger partial charge on any atom is 0.196 e. The molecule has 0 aromatic heterocycles. The number of hydrogen-bond acceptors (Lipinski definition) is 7. The first kappa shape index (κ1) is 25.6. The van der Waals surface area contributed by atoms with Crippen LogP contribution in [0.5, 0.6) is 5.75 Å². The van der Waals surface area contributed by atoms with Gasteiger partial charge in [-0.3, -0.25) is 19.4 Å². The van der Waals surface area contributed by atoms with Gasteiger partial charge in [0, 0.05) is 62.6 Å². The summed E-state index contributed by atoms with van der Waals surface area (Å²) in [5, 5.41) is 3.51. The summed E-state index contributed by atoms with van der Waals surface area (Å²) in [5.74, 6) is 0.340. The van der Waals surface area contributed by atoms with Crippen LogP contribution in [0.4, 0.5) is 5.69 Å². The van der Waals surface area contributed by atoms with Gasteiger partial charge in [-0.05, 0) is 36.3 Å². The number of ether oxygens (including phenoxy) is 1. The van der Waals surface area contributed by atoms with Crippen molar-refractivity contribution in [3.05, 3.63) is 118 Å². The van der Waals surface area contributed by atoms with Crippen LogP contribution >= 0.6 is 0 Å². The van der Waals surface area contributed by atoms with Gasteiger partial charge < -0.3 is 10.1 Å². The van der Waals surface area contributed by atoms with Crippen LogP contribution in [0.15, 0.2) is 101 Å². The van der Waals surface area contributed by atoms with E-state index in [0.717, 1.165) is 44.8 Å². The number of fused-ring (bicyclic) bond motifs is 4. The van der Waals surface area contributed by atoms with Gasteiger partial charge in [0.2, 0.25) is 0 Å². The molecule has 2 heterocycles. The molecule has 4 aliphatic rings. The Morgan fingerprint density at radius 2 is 1.54 bits per heavy atom. The standard InChI is InChI=1S/C34H32N4O3/c1-22-11-12-28-26(19-22)36-32-29(41-28)20-27(30-31(32)34(40)25-10-6-5-9-24(25)33(30)39)35-13-14-37-15-17-38(18-16-37)21-23-7-3-2-4-8-23/h2-12,19-20,29,35H,13-18,21H2,1H3. The van der Waals surface area contributed by atoms with E-state index in [4.69, 9.17) is 9.73 Å². The van der Waals surface area contributed by atoms with Crippen molar-refractivity contribution in [3.63, 3.8) is 0 Å². The topological polar surface area (TPSA) is 74.2 Å². The number of piperazine rings is 1. The molecule has 1 atom stereocenters. The van der Waals surface area contributed by atoms with Crippen molar-refractivity contribution in [3.8, 4) is 5.75 Å². The van der Waals surface area contributed by atoms with Crippen molar-refractivity contribution in [1.29, 1.82) is 0 Å². The SMILES string of the molecule is Cc1ccc2c(c1)N=C1C3=C(C(=O)c4ccccc4C3=O)C(NCCN3CCN(Cc4ccccc4)CC3)=CC1O2. The Hall–Kier alpha value is -4.33. The van der Waals surface area contributed by atoms with Gasteiger partial charge in [0.1, 0.15) is 11.4 Å². The highest BCUT2D eigenvalue weighted by atomic mass is 16.5. The summed E-state index contributed by atoms with van der Waals surface area (Å²) < 4.78 is 6.34. The summed E-state index contributed by atoms with van der Waals surface area (Å²) in [6.07, 6.45) is 1.37. The molecule has 0 saturated carbocycles. The number of carbonyl (C=O) groups excluding carboxylic acids is 2. The second-order valence-electron chi connectivity index (χ2n) is 11.1. The lowest BCUT2D eigenvalue weighted by atomic mass is 9.76. The fourth-order valence-electron chi connectivity index (χ4n) is 6.13. The van der Waals surface area contributed by atoms with Gasteiger partial charge in [0.05, 0.1) is 16.9 Å². The normalized spacial score (nSPS) is 20.3. The van der Waals surface area contributed by atoms with Gasteiger partial charge in [-0.15, -0.1) is 0 Å². The molecule has 2 aliphatic carbocycles. The molecule has 3 aromatic carbocycles. The minimum absolute atomic E-state index is 0.153. The highest BCUT2D eigenvalue weighted by Gasteiger charge is 2.43. The number of aliphatic imine (C=N–C) groups is 1. The number of benzene rings is 3. The molecule has 7 heteroatoms. The Bertz CT molecular complexity index is 1630. The number of nitrogens with zero attached hydrogens (tertiary/aromatic N) is 3. The van der Waals surface area contributed by atoms with E-state index >= 15 is 0 Å². The van der Waals surface area contributed by atoms with Crippen molar-refractivity contribution in [1.82, 2.24) is 15.1 Å². The van der Waals surface area contributed by atoms with Crippen molar-refractivity contribution in [2.75, 3.05) is 39.3 Å². The number of hydrogen-bond donors (Lipinski definition) is 1. The zero-order valence-corrected chi connectivity index (χ0v) is 23.1. The van der Waals surface area contributed by atoms with Gasteiger partial charge in [-0.1, -0.05) is 60.7 Å². The van der Waals surface area contributed by atoms with Crippen molar-refractivity contribution in [2.24, 2.45) is 4.99 Å². The summed E-state index contributed by atoms with van der Waals surface area (Å²) in [6, 6.07) is 23.5. The lowest BCUT2D eigenvalue weighted by Crippen LogP contribution is -2.48. The zero-order valence-electron chi connectivity index (χ0n) is 23.1. The first-order valence-corrected chi connectivity index (χ1v) is 14.3. The Balaban J connectivity index is 1.10. The molecule has 2 aliphatic heterocycles. The van der Waals surface area contributed by atoms with E-state index in [-0.39, 0.29) is 11.6 Å². The van der Waals surface area contributed by atoms with Crippen molar-refractivity contribution < 1.29 is 14.3 Å². The molecule has 7 nitrogen and oxygen atoms in total. The molecule has 41 heavy (non-hydrogen) atoms. The third-order valence-electron chi connectivity index (χ3n) is 8.30. The molecule has 0 spiro atoms. The van der Waals surface area contributed by atoms with Crippen LogP contribution in [0.25, 0.3) is 0 Å². The van der Waals surface area contributed by atoms with Crippen LogP contribution in [-0.4, -0.2) is 72.5 Å². The van der Waals surface area contributed by atoms with Crippen LogP contribution in [0.1, 0.15) is 31.8 Å². The second kappa shape index (κ2) is 10.6. The molecule has 7 rings (SSSR count). The predicted octanol–water partition coefficient (Wildman–Crippen LogP) is 4.51. The summed E-state index contributed by atoms with van der Waals surface area (Å²) in [7, 11) is 0. The monoisotopic (exact) mass is 544 g/mol. The van der Waals surface area contributed by atoms with Gasteiger partial charge in [-0.2, -0.15) is 0 Å². The number of nitrogens with one attached hydrogen (secondary N) is 1. The molecule has 1 N–H and O–H groups in total. The Morgan fingerprint density at radius 3 is 2.29 bits per heavy atom. The fraction of sp³-hybridized carbons (Fsp3) is 0.265. The number of ketones is 2. The number of rotatable bonds is 6. The van der Waals surface area contributed by atoms with Crippen molar-refractivity contribution >= 4 is 23.0 Å². The average Bonchev–Trinajstić information content (AvgIpc) is 3.00. The number of allylic oxidation sites excluding steroid dienone is 1. The highest BCUT2D eigenvalue weighted by Crippen LogP contribution is 2.41. The second-order valence-corrected chi connectivity index (χ2v) is 11.1. The van der Waals surface area contributed by atoms with E-state index in [1.807, 2.05) is 31.2 Å². The molecule has 206 valence electrons. The van der Waals surface area contributed by atoms with Gasteiger partial charge in [0.25, 0.3) is 0 Å². The minimum Gasteiger partial charge on any atom is -0.478 e. The molecule has 1 unspecified atom stereocenters. The third kappa shape index (κ3) is 4.81. The summed E-state index contributed by atoms with van der Waals surface area (Å²) in [4.78, 5) is 37.5. The molecule has 0 bridgehead atoms. The van der Waals surface area contributed by atoms with E-state index < -0.39 is 6.10 Å². The number of Topliss-reactive ketones (excluding diaryl/α,β-unsaturated/α-hetero) is 2. The Labute approximate surface area is 239 Å². The van der Waals surface area contributed by atoms with Crippen molar-refractivity contribution in [2.45, 2.75) is 19.6 Å². The highest BCUT2D eigenvalue weighted by molar-refractivity contribution is 6.40. The van der Waals surface area contributed by atoms with Gasteiger partial charge in [0.15, 0.2) is 17.7 Å². The van der Waals surface area contributed by atoms with Crippen LogP contribution in [0, 0.1) is 6.92 Å². The molecule has 1 fully saturated rings. The summed E-state index contributed by atoms with van der Waals surface area (Å²) >= 11 is 0. The zero-order chi connectivity index (χ0) is 27.9. The maximum atomic E-state index is 13.8. The van der Waals surface area contributed by atoms with Crippen LogP contribution in [0.3, 0.4) is 0 Å². The lowest BCUT2D eigenvalue weighted by molar-refractivity contribution is 0.0978. The number of aryl methyl sites for hydroxylation is 1. The maximum absolute atomic E-state index is 13.8. The van der Waals surface area contributed by atoms with Crippen LogP contribution in [0.2, 0.25) is 0 Å². The predicted molar refractivity (Wildman–Crippen MR) is 159 cm³/mol. The molecule has 0 radical (unpaired) electrons. The largest absolute Gasteiger partial charge is 0.478 e. The Kier molecular flexibility index (Phi) is 6.61. The molecule has 3 aromatic rings. The summed E-state index contributed by atoms with van der Waals surface area (Å²) in [5.41, 5.74) is 5.83. The summed E-state index contributed by atoms with van der Waals surface area (Å²) in [6.45, 7) is 8.48. The third-order valence-corrected chi connectivity index (χ3v) is 8.30. The first-order valence-electron chi connectivity index (χ1n) is 14.3. The first-order chi connectivity index (χ1) is 20.0. The van der Waals surface area contributed by atoms with Crippen LogP contribution in [-0.2, 0) is 6.54 Å². The van der Waals surface area contributed by atoms with Crippen LogP contribution < -0.4 is 10.1 Å². The van der Waals surface area contributed by atoms with Gasteiger partial charge in [-0.25, -0.2) is 4.99 Å². The number of carbonyl (C=O) groups is 2. The molecule has 0 amide bonds. The minimum atomic E-state index is -0.546. The van der Waals surface area contributed by atoms with E-state index in [1.54, 1.807) is 24.3 Å². The Morgan fingerprint density at radius 1 is 0.854 bits per heavy atom. The van der Waals surface area contributed by atoms with E-state index in [2.05, 4.69) is 45.4 Å².